The van der Waals surface area contributed by atoms with Gasteiger partial charge >= 0.3 is 0 Å². The van der Waals surface area contributed by atoms with Crippen molar-refractivity contribution in [3.63, 3.8) is 0 Å². The molecule has 1 heterocycles. The summed E-state index contributed by atoms with van der Waals surface area (Å²) in [6.45, 7) is 0.332. The predicted octanol–water partition coefficient (Wildman–Crippen LogP) is 2.38. The Bertz CT molecular complexity index is 861. The topological polar surface area (TPSA) is 64.4 Å². The lowest BCUT2D eigenvalue weighted by molar-refractivity contribution is 0.211. The molecule has 0 saturated heterocycles. The first-order valence-electron chi connectivity index (χ1n) is 7.61. The second-order valence-corrected chi connectivity index (χ2v) is 5.39. The molecule has 0 saturated carbocycles. The lowest BCUT2D eigenvalue weighted by atomic mass is 10.0. The maximum Gasteiger partial charge on any atom is 0.277 e. The van der Waals surface area contributed by atoms with E-state index in [1.54, 1.807) is 12.1 Å². The third-order valence-electron chi connectivity index (χ3n) is 3.83. The smallest absolute Gasteiger partial charge is 0.277 e. The molecule has 0 bridgehead atoms. The third-order valence-corrected chi connectivity index (χ3v) is 3.83. The maximum absolute atomic E-state index is 12.8. The SMILES string of the molecule is COc1cnn(Cc2ccccc2)c(=O)c1C(O)c1ccccc1. The van der Waals surface area contributed by atoms with E-state index in [9.17, 15) is 9.90 Å². The molecule has 0 amide bonds. The van der Waals surface area contributed by atoms with E-state index in [1.807, 2.05) is 48.5 Å². The third kappa shape index (κ3) is 3.21. The van der Waals surface area contributed by atoms with Crippen molar-refractivity contribution >= 4 is 0 Å². The quantitative estimate of drug-likeness (QED) is 0.783. The van der Waals surface area contributed by atoms with Crippen LogP contribution in [0.5, 0.6) is 5.75 Å². The standard InChI is InChI=1S/C19H18N2O3/c1-24-16-12-20-21(13-14-8-4-2-5-9-14)19(23)17(16)18(22)15-10-6-3-7-11-15/h2-12,18,22H,13H2,1H3. The highest BCUT2D eigenvalue weighted by Crippen LogP contribution is 2.26. The fourth-order valence-corrected chi connectivity index (χ4v) is 2.57. The summed E-state index contributed by atoms with van der Waals surface area (Å²) >= 11 is 0. The molecular weight excluding hydrogens is 304 g/mol. The highest BCUT2D eigenvalue weighted by atomic mass is 16.5. The normalized spacial score (nSPS) is 11.9. The lowest BCUT2D eigenvalue weighted by Crippen LogP contribution is -2.29. The van der Waals surface area contributed by atoms with Gasteiger partial charge in [0.1, 0.15) is 6.10 Å². The van der Waals surface area contributed by atoms with Crippen LogP contribution in [-0.4, -0.2) is 22.0 Å². The Balaban J connectivity index is 2.04. The molecule has 0 spiro atoms. The summed E-state index contributed by atoms with van der Waals surface area (Å²) in [7, 11) is 1.46. The fourth-order valence-electron chi connectivity index (χ4n) is 2.57. The second kappa shape index (κ2) is 7.10. The zero-order valence-corrected chi connectivity index (χ0v) is 13.3. The van der Waals surface area contributed by atoms with E-state index in [0.717, 1.165) is 5.56 Å². The van der Waals surface area contributed by atoms with E-state index in [1.165, 1.54) is 18.0 Å². The molecule has 0 aliphatic carbocycles. The number of aliphatic hydroxyl groups is 1. The molecule has 24 heavy (non-hydrogen) atoms. The van der Waals surface area contributed by atoms with Crippen molar-refractivity contribution in [1.29, 1.82) is 0 Å². The Morgan fingerprint density at radius 2 is 1.71 bits per heavy atom. The van der Waals surface area contributed by atoms with E-state index in [4.69, 9.17) is 4.74 Å². The van der Waals surface area contributed by atoms with Gasteiger partial charge in [-0.3, -0.25) is 4.79 Å². The van der Waals surface area contributed by atoms with Crippen LogP contribution in [0.25, 0.3) is 0 Å². The van der Waals surface area contributed by atoms with Crippen LogP contribution in [0.2, 0.25) is 0 Å². The number of hydrogen-bond donors (Lipinski definition) is 1. The minimum atomic E-state index is -1.07. The molecule has 5 nitrogen and oxygen atoms in total. The molecule has 2 aromatic carbocycles. The fraction of sp³-hybridized carbons (Fsp3) is 0.158. The van der Waals surface area contributed by atoms with Crippen LogP contribution in [0, 0.1) is 0 Å². The van der Waals surface area contributed by atoms with Gasteiger partial charge in [0.25, 0.3) is 5.56 Å². The first-order valence-corrected chi connectivity index (χ1v) is 7.61. The number of aromatic nitrogens is 2. The Morgan fingerprint density at radius 1 is 1.08 bits per heavy atom. The molecule has 1 atom stereocenters. The molecule has 5 heteroatoms. The molecule has 1 N–H and O–H groups in total. The van der Waals surface area contributed by atoms with Gasteiger partial charge in [-0.2, -0.15) is 5.10 Å². The predicted molar refractivity (Wildman–Crippen MR) is 91.1 cm³/mol. The van der Waals surface area contributed by atoms with Gasteiger partial charge in [-0.1, -0.05) is 60.7 Å². The van der Waals surface area contributed by atoms with Crippen LogP contribution < -0.4 is 10.3 Å². The number of rotatable bonds is 5. The van der Waals surface area contributed by atoms with E-state index in [0.29, 0.717) is 12.1 Å². The maximum atomic E-state index is 12.8. The Hall–Kier alpha value is -2.92. The van der Waals surface area contributed by atoms with Crippen molar-refractivity contribution in [2.75, 3.05) is 7.11 Å². The van der Waals surface area contributed by atoms with Gasteiger partial charge in [0.2, 0.25) is 0 Å². The zero-order chi connectivity index (χ0) is 16.9. The molecule has 3 aromatic rings. The number of nitrogens with zero attached hydrogens (tertiary/aromatic N) is 2. The van der Waals surface area contributed by atoms with E-state index >= 15 is 0 Å². The van der Waals surface area contributed by atoms with E-state index in [2.05, 4.69) is 5.10 Å². The minimum absolute atomic E-state index is 0.189. The molecule has 1 unspecified atom stereocenters. The van der Waals surface area contributed by atoms with Crippen molar-refractivity contribution in [3.8, 4) is 5.75 Å². The summed E-state index contributed by atoms with van der Waals surface area (Å²) < 4.78 is 6.57. The summed E-state index contributed by atoms with van der Waals surface area (Å²) in [5.41, 5.74) is 1.41. The average Bonchev–Trinajstić information content (AvgIpc) is 2.64. The Kier molecular flexibility index (Phi) is 4.72. The van der Waals surface area contributed by atoms with E-state index in [-0.39, 0.29) is 16.9 Å². The van der Waals surface area contributed by atoms with Crippen LogP contribution in [0.15, 0.2) is 71.7 Å². The van der Waals surface area contributed by atoms with E-state index < -0.39 is 6.10 Å². The summed E-state index contributed by atoms with van der Waals surface area (Å²) in [6, 6.07) is 18.6. The average molecular weight is 322 g/mol. The Labute approximate surface area is 139 Å². The monoisotopic (exact) mass is 322 g/mol. The highest BCUT2D eigenvalue weighted by molar-refractivity contribution is 5.37. The van der Waals surface area contributed by atoms with Crippen molar-refractivity contribution in [3.05, 3.63) is 93.9 Å². The van der Waals surface area contributed by atoms with Crippen LogP contribution in [-0.2, 0) is 6.54 Å². The summed E-state index contributed by atoms with van der Waals surface area (Å²) in [5.74, 6) is 0.278. The Morgan fingerprint density at radius 3 is 2.33 bits per heavy atom. The van der Waals surface area contributed by atoms with Crippen LogP contribution in [0.4, 0.5) is 0 Å². The number of methoxy groups -OCH3 is 1. The number of ether oxygens (including phenoxy) is 1. The first-order chi connectivity index (χ1) is 11.7. The van der Waals surface area contributed by atoms with Gasteiger partial charge in [-0.15, -0.1) is 0 Å². The highest BCUT2D eigenvalue weighted by Gasteiger charge is 2.21. The molecule has 122 valence electrons. The minimum Gasteiger partial charge on any atom is -0.494 e. The second-order valence-electron chi connectivity index (χ2n) is 5.39. The molecule has 0 fully saturated rings. The number of aliphatic hydroxyl groups excluding tert-OH is 1. The van der Waals surface area contributed by atoms with Crippen molar-refractivity contribution in [1.82, 2.24) is 9.78 Å². The van der Waals surface area contributed by atoms with Gasteiger partial charge in [0, 0.05) is 0 Å². The molecule has 0 radical (unpaired) electrons. The van der Waals surface area contributed by atoms with Gasteiger partial charge in [0.05, 0.1) is 25.4 Å². The molecule has 1 aromatic heterocycles. The molecule has 0 aliphatic heterocycles. The van der Waals surface area contributed by atoms with Crippen molar-refractivity contribution in [2.24, 2.45) is 0 Å². The molecule has 0 aliphatic rings. The lowest BCUT2D eigenvalue weighted by Gasteiger charge is -2.16. The molecule has 3 rings (SSSR count). The summed E-state index contributed by atoms with van der Waals surface area (Å²) in [4.78, 5) is 12.8. The summed E-state index contributed by atoms with van der Waals surface area (Å²) in [6.07, 6.45) is 0.393. The van der Waals surface area contributed by atoms with Gasteiger partial charge in [0.15, 0.2) is 5.75 Å². The van der Waals surface area contributed by atoms with Crippen LogP contribution in [0.1, 0.15) is 22.8 Å². The number of hydrogen-bond acceptors (Lipinski definition) is 4. The van der Waals surface area contributed by atoms with Crippen LogP contribution >= 0.6 is 0 Å². The van der Waals surface area contributed by atoms with Crippen molar-refractivity contribution < 1.29 is 9.84 Å². The first kappa shape index (κ1) is 16.0. The summed E-state index contributed by atoms with van der Waals surface area (Å²) in [5, 5.41) is 14.8. The van der Waals surface area contributed by atoms with Gasteiger partial charge < -0.3 is 9.84 Å². The van der Waals surface area contributed by atoms with Gasteiger partial charge in [-0.05, 0) is 11.1 Å². The van der Waals surface area contributed by atoms with Crippen LogP contribution in [0.3, 0.4) is 0 Å². The molecular formula is C19H18N2O3. The van der Waals surface area contributed by atoms with Crippen molar-refractivity contribution in [2.45, 2.75) is 12.6 Å². The largest absolute Gasteiger partial charge is 0.494 e. The van der Waals surface area contributed by atoms with Gasteiger partial charge in [-0.25, -0.2) is 4.68 Å². The zero-order valence-electron chi connectivity index (χ0n) is 13.3. The number of benzene rings is 2.